The third-order valence-corrected chi connectivity index (χ3v) is 5.60. The van der Waals surface area contributed by atoms with Crippen molar-refractivity contribution in [2.75, 3.05) is 0 Å². The van der Waals surface area contributed by atoms with E-state index in [1.165, 1.54) is 0 Å². The van der Waals surface area contributed by atoms with Crippen molar-refractivity contribution in [3.05, 3.63) is 0 Å². The molecular formula is C14H24N4O2. The average Bonchev–Trinajstić information content (AvgIpc) is 2.41. The van der Waals surface area contributed by atoms with Crippen LogP contribution in [0.5, 0.6) is 0 Å². The van der Waals surface area contributed by atoms with E-state index < -0.39 is 23.7 Å². The molecule has 3 aliphatic carbocycles. The molecule has 8 N–H and O–H groups in total. The summed E-state index contributed by atoms with van der Waals surface area (Å²) in [7, 11) is 0. The van der Waals surface area contributed by atoms with Gasteiger partial charge in [-0.1, -0.05) is 0 Å². The van der Waals surface area contributed by atoms with E-state index in [1.807, 2.05) is 0 Å². The van der Waals surface area contributed by atoms with Gasteiger partial charge in [0.1, 0.15) is 11.6 Å². The van der Waals surface area contributed by atoms with Crippen molar-refractivity contribution < 1.29 is 9.59 Å². The first-order chi connectivity index (χ1) is 9.43. The van der Waals surface area contributed by atoms with Gasteiger partial charge in [0.05, 0.1) is 0 Å². The molecule has 112 valence electrons. The van der Waals surface area contributed by atoms with Gasteiger partial charge >= 0.3 is 0 Å². The van der Waals surface area contributed by atoms with E-state index in [-0.39, 0.29) is 35.7 Å². The molecule has 0 aromatic rings. The third-order valence-electron chi connectivity index (χ3n) is 5.60. The third kappa shape index (κ3) is 1.86. The molecule has 0 spiro atoms. The van der Waals surface area contributed by atoms with Gasteiger partial charge in [-0.3, -0.25) is 9.59 Å². The van der Waals surface area contributed by atoms with E-state index in [1.54, 1.807) is 0 Å². The van der Waals surface area contributed by atoms with Crippen LogP contribution in [-0.2, 0) is 9.59 Å². The van der Waals surface area contributed by atoms with Gasteiger partial charge in [0.2, 0.25) is 0 Å². The highest BCUT2D eigenvalue weighted by molar-refractivity contribution is 6.01. The van der Waals surface area contributed by atoms with Crippen molar-refractivity contribution in [1.29, 1.82) is 0 Å². The van der Waals surface area contributed by atoms with E-state index >= 15 is 0 Å². The van der Waals surface area contributed by atoms with Gasteiger partial charge in [-0.2, -0.15) is 0 Å². The van der Waals surface area contributed by atoms with Crippen LogP contribution < -0.4 is 22.9 Å². The second kappa shape index (κ2) is 4.87. The van der Waals surface area contributed by atoms with Crippen LogP contribution in [-0.4, -0.2) is 35.7 Å². The van der Waals surface area contributed by atoms with E-state index in [2.05, 4.69) is 0 Å². The Bertz CT molecular complexity index is 365. The molecule has 3 aliphatic rings. The molecule has 0 bridgehead atoms. The molecule has 8 atom stereocenters. The maximum absolute atomic E-state index is 12.8. The van der Waals surface area contributed by atoms with E-state index in [0.29, 0.717) is 25.7 Å². The number of hydrogen-bond donors (Lipinski definition) is 4. The van der Waals surface area contributed by atoms with Gasteiger partial charge in [0, 0.05) is 47.8 Å². The molecule has 8 unspecified atom stereocenters. The molecule has 6 heteroatoms. The number of Topliss-reactive ketones (excluding diaryl/α,β-unsaturated/α-hetero) is 2. The lowest BCUT2D eigenvalue weighted by Gasteiger charge is -2.50. The maximum atomic E-state index is 12.8. The lowest BCUT2D eigenvalue weighted by atomic mass is 9.54. The molecule has 0 aliphatic heterocycles. The van der Waals surface area contributed by atoms with Gasteiger partial charge in [-0.15, -0.1) is 0 Å². The number of carbonyl (C=O) groups excluding carboxylic acids is 2. The lowest BCUT2D eigenvalue weighted by molar-refractivity contribution is -0.154. The van der Waals surface area contributed by atoms with Crippen LogP contribution in [0.2, 0.25) is 0 Å². The van der Waals surface area contributed by atoms with Crippen LogP contribution in [0.1, 0.15) is 25.7 Å². The van der Waals surface area contributed by atoms with Crippen molar-refractivity contribution in [1.82, 2.24) is 0 Å². The number of nitrogens with two attached hydrogens (primary N) is 4. The Morgan fingerprint density at radius 3 is 0.950 bits per heavy atom. The standard InChI is InChI=1S/C14H24N4O2/c15-5-1-2-6(16)10-9(5)13(19)11-7(17)3-4-8(18)12(11)14(10)20/h5-12H,1-4,15-18H2. The molecule has 0 amide bonds. The highest BCUT2D eigenvalue weighted by Crippen LogP contribution is 2.44. The van der Waals surface area contributed by atoms with Crippen molar-refractivity contribution in [2.45, 2.75) is 49.9 Å². The molecule has 3 saturated carbocycles. The van der Waals surface area contributed by atoms with Crippen LogP contribution >= 0.6 is 0 Å². The zero-order valence-corrected chi connectivity index (χ0v) is 11.6. The van der Waals surface area contributed by atoms with Gasteiger partial charge < -0.3 is 22.9 Å². The normalized spacial score (nSPS) is 52.4. The number of rotatable bonds is 0. The number of hydrogen-bond acceptors (Lipinski definition) is 6. The maximum Gasteiger partial charge on any atom is 0.143 e. The first kappa shape index (κ1) is 14.1. The van der Waals surface area contributed by atoms with Crippen LogP contribution in [0.4, 0.5) is 0 Å². The smallest absolute Gasteiger partial charge is 0.143 e. The Balaban J connectivity index is 2.01. The van der Waals surface area contributed by atoms with Crippen LogP contribution in [0, 0.1) is 23.7 Å². The monoisotopic (exact) mass is 280 g/mol. The molecule has 0 aromatic heterocycles. The second-order valence-corrected chi connectivity index (χ2v) is 6.72. The zero-order valence-electron chi connectivity index (χ0n) is 11.6. The van der Waals surface area contributed by atoms with Crippen molar-refractivity contribution >= 4 is 11.6 Å². The van der Waals surface area contributed by atoms with E-state index in [4.69, 9.17) is 22.9 Å². The van der Waals surface area contributed by atoms with Crippen molar-refractivity contribution in [3.8, 4) is 0 Å². The van der Waals surface area contributed by atoms with Crippen LogP contribution in [0.3, 0.4) is 0 Å². The fourth-order valence-corrected chi connectivity index (χ4v) is 4.55. The Morgan fingerprint density at radius 2 is 0.750 bits per heavy atom. The molecule has 0 heterocycles. The largest absolute Gasteiger partial charge is 0.327 e. The summed E-state index contributed by atoms with van der Waals surface area (Å²) in [4.78, 5) is 25.7. The lowest BCUT2D eigenvalue weighted by Crippen LogP contribution is -2.67. The SMILES string of the molecule is NC1CCC(N)C2C(=O)C3C(N)CCC(N)C3C(=O)C12. The molecule has 0 aromatic carbocycles. The molecule has 0 radical (unpaired) electrons. The summed E-state index contributed by atoms with van der Waals surface area (Å²) < 4.78 is 0. The zero-order chi connectivity index (χ0) is 14.6. The molecule has 20 heavy (non-hydrogen) atoms. The molecule has 6 nitrogen and oxygen atoms in total. The Hall–Kier alpha value is -0.820. The average molecular weight is 280 g/mol. The predicted octanol–water partition coefficient (Wildman–Crippen LogP) is -1.50. The van der Waals surface area contributed by atoms with Crippen molar-refractivity contribution in [3.63, 3.8) is 0 Å². The summed E-state index contributed by atoms with van der Waals surface area (Å²) in [6.45, 7) is 0. The summed E-state index contributed by atoms with van der Waals surface area (Å²) >= 11 is 0. The van der Waals surface area contributed by atoms with Crippen LogP contribution in [0.15, 0.2) is 0 Å². The summed E-state index contributed by atoms with van der Waals surface area (Å²) in [5, 5.41) is 0. The Labute approximate surface area is 118 Å². The minimum atomic E-state index is -0.455. The predicted molar refractivity (Wildman–Crippen MR) is 74.3 cm³/mol. The van der Waals surface area contributed by atoms with E-state index in [9.17, 15) is 9.59 Å². The fourth-order valence-electron chi connectivity index (χ4n) is 4.55. The molecular weight excluding hydrogens is 256 g/mol. The number of fused-ring (bicyclic) bond motifs is 2. The van der Waals surface area contributed by atoms with Gasteiger partial charge in [-0.05, 0) is 25.7 Å². The van der Waals surface area contributed by atoms with Gasteiger partial charge in [0.15, 0.2) is 0 Å². The highest BCUT2D eigenvalue weighted by Gasteiger charge is 2.58. The van der Waals surface area contributed by atoms with Gasteiger partial charge in [-0.25, -0.2) is 0 Å². The topological polar surface area (TPSA) is 138 Å². The summed E-state index contributed by atoms with van der Waals surface area (Å²) in [6, 6.07) is -1.10. The first-order valence-electron chi connectivity index (χ1n) is 7.53. The molecule has 3 rings (SSSR count). The van der Waals surface area contributed by atoms with E-state index in [0.717, 1.165) is 0 Å². The number of carbonyl (C=O) groups is 2. The van der Waals surface area contributed by atoms with Crippen molar-refractivity contribution in [2.24, 2.45) is 46.6 Å². The fraction of sp³-hybridized carbons (Fsp3) is 0.857. The quantitative estimate of drug-likeness (QED) is 0.426. The Morgan fingerprint density at radius 1 is 0.550 bits per heavy atom. The van der Waals surface area contributed by atoms with Gasteiger partial charge in [0.25, 0.3) is 0 Å². The van der Waals surface area contributed by atoms with Crippen LogP contribution in [0.25, 0.3) is 0 Å². The summed E-state index contributed by atoms with van der Waals surface area (Å²) in [5.74, 6) is -1.75. The summed E-state index contributed by atoms with van der Waals surface area (Å²) in [6.07, 6.45) is 2.78. The second-order valence-electron chi connectivity index (χ2n) is 6.72. The summed E-state index contributed by atoms with van der Waals surface area (Å²) in [5.41, 5.74) is 24.4. The molecule has 3 fully saturated rings. The Kier molecular flexibility index (Phi) is 3.44. The number of ketones is 2. The highest BCUT2D eigenvalue weighted by atomic mass is 16.1. The minimum absolute atomic E-state index is 0.0323. The minimum Gasteiger partial charge on any atom is -0.327 e. The molecule has 0 saturated heterocycles. The first-order valence-corrected chi connectivity index (χ1v) is 7.53.